The van der Waals surface area contributed by atoms with E-state index >= 15 is 0 Å². The average Bonchev–Trinajstić information content (AvgIpc) is 2.63. The highest BCUT2D eigenvalue weighted by Crippen LogP contribution is 2.38. The third kappa shape index (κ3) is 3.29. The number of nitrogens with zero attached hydrogens (tertiary/aromatic N) is 1. The van der Waals surface area contributed by atoms with Crippen LogP contribution >= 0.6 is 0 Å². The number of hydrogen-bond donors (Lipinski definition) is 0. The van der Waals surface area contributed by atoms with E-state index in [2.05, 4.69) is 24.9 Å². The summed E-state index contributed by atoms with van der Waals surface area (Å²) in [7, 11) is -3.29. The number of pyridine rings is 1. The van der Waals surface area contributed by atoms with Crippen molar-refractivity contribution in [3.05, 3.63) is 59.9 Å². The Hall–Kier alpha value is -2.14. The second kappa shape index (κ2) is 5.49. The van der Waals surface area contributed by atoms with Crippen LogP contribution in [0.5, 0.6) is 5.75 Å². The molecule has 23 heavy (non-hydrogen) atoms. The second-order valence-electron chi connectivity index (χ2n) is 6.48. The van der Waals surface area contributed by atoms with E-state index in [0.29, 0.717) is 12.4 Å². The van der Waals surface area contributed by atoms with E-state index in [9.17, 15) is 8.42 Å². The van der Waals surface area contributed by atoms with E-state index in [1.165, 1.54) is 6.26 Å². The van der Waals surface area contributed by atoms with Crippen molar-refractivity contribution in [1.82, 2.24) is 4.98 Å². The topological polar surface area (TPSA) is 56.3 Å². The lowest BCUT2D eigenvalue weighted by Gasteiger charge is -2.18. The largest absolute Gasteiger partial charge is 0.492 e. The van der Waals surface area contributed by atoms with Gasteiger partial charge in [-0.1, -0.05) is 26.0 Å². The molecule has 0 spiro atoms. The van der Waals surface area contributed by atoms with Crippen LogP contribution in [0.25, 0.3) is 5.57 Å². The quantitative estimate of drug-likeness (QED) is 0.848. The number of aromatic nitrogens is 1. The number of sulfone groups is 1. The molecule has 120 valence electrons. The van der Waals surface area contributed by atoms with Crippen molar-refractivity contribution in [2.75, 3.05) is 12.9 Å². The fraction of sp³-hybridized carbons (Fsp3) is 0.278. The molecule has 0 N–H and O–H groups in total. The molecule has 2 aromatic rings. The van der Waals surface area contributed by atoms with Gasteiger partial charge in [0.05, 0.1) is 17.2 Å². The highest BCUT2D eigenvalue weighted by Gasteiger charge is 2.26. The number of hydrogen-bond acceptors (Lipinski definition) is 4. The van der Waals surface area contributed by atoms with Crippen molar-refractivity contribution in [3.63, 3.8) is 0 Å². The molecule has 2 heterocycles. The van der Waals surface area contributed by atoms with Crippen LogP contribution in [-0.4, -0.2) is 26.3 Å². The SMILES string of the molecule is CC1(C)C=C(c2ccccn2)c2cc(S(C)(=O)=O)ccc2OC1. The van der Waals surface area contributed by atoms with Crippen molar-refractivity contribution in [3.8, 4) is 5.75 Å². The Morgan fingerprint density at radius 1 is 1.17 bits per heavy atom. The first-order chi connectivity index (χ1) is 10.8. The molecule has 0 bridgehead atoms. The summed E-state index contributed by atoms with van der Waals surface area (Å²) in [6.45, 7) is 4.69. The lowest BCUT2D eigenvalue weighted by molar-refractivity contribution is 0.225. The van der Waals surface area contributed by atoms with Crippen LogP contribution in [0.4, 0.5) is 0 Å². The highest BCUT2D eigenvalue weighted by atomic mass is 32.2. The first kappa shape index (κ1) is 15.7. The lowest BCUT2D eigenvalue weighted by atomic mass is 9.89. The molecule has 0 saturated carbocycles. The summed E-state index contributed by atoms with van der Waals surface area (Å²) in [6.07, 6.45) is 5.04. The number of rotatable bonds is 2. The van der Waals surface area contributed by atoms with Crippen LogP contribution in [0.2, 0.25) is 0 Å². The van der Waals surface area contributed by atoms with Gasteiger partial charge in [-0.2, -0.15) is 0 Å². The Balaban J connectivity index is 2.26. The van der Waals surface area contributed by atoms with Gasteiger partial charge in [0.25, 0.3) is 0 Å². The van der Waals surface area contributed by atoms with Crippen LogP contribution < -0.4 is 4.74 Å². The zero-order chi connectivity index (χ0) is 16.7. The molecule has 0 radical (unpaired) electrons. The molecule has 4 nitrogen and oxygen atoms in total. The van der Waals surface area contributed by atoms with E-state index in [1.807, 2.05) is 18.2 Å². The Morgan fingerprint density at radius 3 is 2.61 bits per heavy atom. The minimum atomic E-state index is -3.29. The fourth-order valence-corrected chi connectivity index (χ4v) is 3.23. The molecule has 0 aliphatic carbocycles. The van der Waals surface area contributed by atoms with Crippen LogP contribution in [0.15, 0.2) is 53.6 Å². The second-order valence-corrected chi connectivity index (χ2v) is 8.50. The van der Waals surface area contributed by atoms with E-state index in [4.69, 9.17) is 4.74 Å². The van der Waals surface area contributed by atoms with Crippen molar-refractivity contribution in [2.24, 2.45) is 5.41 Å². The highest BCUT2D eigenvalue weighted by molar-refractivity contribution is 7.90. The molecule has 5 heteroatoms. The van der Waals surface area contributed by atoms with Gasteiger partial charge in [-0.25, -0.2) is 8.42 Å². The molecular formula is C18H19NO3S. The Bertz CT molecular complexity index is 868. The van der Waals surface area contributed by atoms with Gasteiger partial charge in [0.2, 0.25) is 0 Å². The van der Waals surface area contributed by atoms with Gasteiger partial charge in [0.1, 0.15) is 5.75 Å². The molecule has 0 unspecified atom stereocenters. The summed E-state index contributed by atoms with van der Waals surface area (Å²) in [4.78, 5) is 4.71. The third-order valence-electron chi connectivity index (χ3n) is 3.74. The smallest absolute Gasteiger partial charge is 0.175 e. The predicted octanol–water partition coefficient (Wildman–Crippen LogP) is 3.34. The van der Waals surface area contributed by atoms with Crippen LogP contribution in [0, 0.1) is 5.41 Å². The lowest BCUT2D eigenvalue weighted by Crippen LogP contribution is -2.17. The van der Waals surface area contributed by atoms with Crippen molar-refractivity contribution in [2.45, 2.75) is 18.7 Å². The minimum Gasteiger partial charge on any atom is -0.492 e. The van der Waals surface area contributed by atoms with E-state index in [-0.39, 0.29) is 10.3 Å². The number of benzene rings is 1. The summed E-state index contributed by atoms with van der Waals surface area (Å²) in [5, 5.41) is 0. The van der Waals surface area contributed by atoms with Gasteiger partial charge < -0.3 is 4.74 Å². The van der Waals surface area contributed by atoms with Gasteiger partial charge in [-0.3, -0.25) is 4.98 Å². The number of ether oxygens (including phenoxy) is 1. The molecule has 3 rings (SSSR count). The van der Waals surface area contributed by atoms with E-state index in [0.717, 1.165) is 16.8 Å². The third-order valence-corrected chi connectivity index (χ3v) is 4.86. The molecule has 0 fully saturated rings. The molecule has 1 aromatic heterocycles. The summed E-state index contributed by atoms with van der Waals surface area (Å²) < 4.78 is 29.7. The van der Waals surface area contributed by atoms with Crippen molar-refractivity contribution < 1.29 is 13.2 Å². The van der Waals surface area contributed by atoms with Gasteiger partial charge >= 0.3 is 0 Å². The number of fused-ring (bicyclic) bond motifs is 1. The average molecular weight is 329 g/mol. The summed E-state index contributed by atoms with van der Waals surface area (Å²) in [6, 6.07) is 10.7. The normalized spacial score (nSPS) is 16.7. The zero-order valence-corrected chi connectivity index (χ0v) is 14.2. The van der Waals surface area contributed by atoms with Crippen molar-refractivity contribution in [1.29, 1.82) is 0 Å². The van der Waals surface area contributed by atoms with Crippen molar-refractivity contribution >= 4 is 15.4 Å². The van der Waals surface area contributed by atoms with E-state index in [1.54, 1.807) is 24.4 Å². The Labute approximate surface area is 136 Å². The maximum Gasteiger partial charge on any atom is 0.175 e. The van der Waals surface area contributed by atoms with Gasteiger partial charge in [-0.15, -0.1) is 0 Å². The Kier molecular flexibility index (Phi) is 3.76. The standard InChI is InChI=1S/C18H19NO3S/c1-18(2)11-15(16-6-4-5-9-19-16)14-10-13(23(3,20)21)7-8-17(14)22-12-18/h4-11H,12H2,1-3H3. The fourth-order valence-electron chi connectivity index (χ4n) is 2.58. The van der Waals surface area contributed by atoms with E-state index < -0.39 is 9.84 Å². The van der Waals surface area contributed by atoms with Gasteiger partial charge in [0.15, 0.2) is 9.84 Å². The van der Waals surface area contributed by atoms with Crippen LogP contribution in [-0.2, 0) is 9.84 Å². The summed E-state index contributed by atoms with van der Waals surface area (Å²) in [5.74, 6) is 0.680. The minimum absolute atomic E-state index is 0.183. The maximum atomic E-state index is 11.9. The molecular weight excluding hydrogens is 310 g/mol. The predicted molar refractivity (Wildman–Crippen MR) is 90.1 cm³/mol. The molecule has 0 amide bonds. The molecule has 1 aliphatic heterocycles. The first-order valence-electron chi connectivity index (χ1n) is 7.38. The maximum absolute atomic E-state index is 11.9. The van der Waals surface area contributed by atoms with Gasteiger partial charge in [-0.05, 0) is 30.3 Å². The summed E-state index contributed by atoms with van der Waals surface area (Å²) >= 11 is 0. The Morgan fingerprint density at radius 2 is 1.96 bits per heavy atom. The monoisotopic (exact) mass is 329 g/mol. The molecule has 0 saturated heterocycles. The molecule has 1 aliphatic rings. The summed E-state index contributed by atoms with van der Waals surface area (Å²) in [5.41, 5.74) is 2.28. The molecule has 1 aromatic carbocycles. The molecule has 0 atom stereocenters. The van der Waals surface area contributed by atoms with Gasteiger partial charge in [0, 0.05) is 29.0 Å². The van der Waals surface area contributed by atoms with Crippen LogP contribution in [0.1, 0.15) is 25.1 Å². The first-order valence-corrected chi connectivity index (χ1v) is 9.27. The van der Waals surface area contributed by atoms with Crippen LogP contribution in [0.3, 0.4) is 0 Å². The zero-order valence-electron chi connectivity index (χ0n) is 13.4.